The number of hydrogen-bond acceptors (Lipinski definition) is 3. The molecule has 1 aliphatic rings. The number of Topliss-reactive ketones (excluding diaryl/α,β-unsaturated/α-hetero) is 2. The van der Waals surface area contributed by atoms with E-state index in [1.165, 1.54) is 0 Å². The molecule has 3 heteroatoms. The minimum atomic E-state index is 0.0368. The van der Waals surface area contributed by atoms with E-state index in [1.54, 1.807) is 25.3 Å². The summed E-state index contributed by atoms with van der Waals surface area (Å²) in [5.74, 6) is 0.832. The second-order valence-corrected chi connectivity index (χ2v) is 3.66. The van der Waals surface area contributed by atoms with Crippen molar-refractivity contribution in [3.63, 3.8) is 0 Å². The Morgan fingerprint density at radius 2 is 2.00 bits per heavy atom. The summed E-state index contributed by atoms with van der Waals surface area (Å²) in [4.78, 5) is 23.1. The van der Waals surface area contributed by atoms with Crippen LogP contribution < -0.4 is 4.74 Å². The van der Waals surface area contributed by atoms with Gasteiger partial charge in [0.1, 0.15) is 11.5 Å². The summed E-state index contributed by atoms with van der Waals surface area (Å²) in [6.45, 7) is 0. The Bertz CT molecular complexity index is 421. The monoisotopic (exact) mass is 204 g/mol. The van der Waals surface area contributed by atoms with Crippen LogP contribution in [0.15, 0.2) is 18.2 Å². The first-order chi connectivity index (χ1) is 7.20. The Morgan fingerprint density at radius 1 is 1.20 bits per heavy atom. The first-order valence-electron chi connectivity index (χ1n) is 4.92. The van der Waals surface area contributed by atoms with Crippen molar-refractivity contribution in [2.75, 3.05) is 7.11 Å². The van der Waals surface area contributed by atoms with Gasteiger partial charge in [-0.05, 0) is 17.7 Å². The smallest absolute Gasteiger partial charge is 0.163 e. The number of ketones is 2. The fourth-order valence-corrected chi connectivity index (χ4v) is 1.78. The van der Waals surface area contributed by atoms with Crippen LogP contribution in [0.3, 0.4) is 0 Å². The Hall–Kier alpha value is -1.64. The summed E-state index contributed by atoms with van der Waals surface area (Å²) in [7, 11) is 1.56. The van der Waals surface area contributed by atoms with E-state index in [0.717, 1.165) is 5.56 Å². The molecule has 0 N–H and O–H groups in total. The van der Waals surface area contributed by atoms with Crippen LogP contribution in [0.1, 0.15) is 28.8 Å². The minimum Gasteiger partial charge on any atom is -0.497 e. The number of carbonyl (C=O) groups excluding carboxylic acids is 2. The van der Waals surface area contributed by atoms with Gasteiger partial charge >= 0.3 is 0 Å². The Balaban J connectivity index is 2.48. The zero-order chi connectivity index (χ0) is 10.8. The summed E-state index contributed by atoms with van der Waals surface area (Å²) in [5, 5.41) is 0. The number of benzene rings is 1. The molecular formula is C12H12O3. The summed E-state index contributed by atoms with van der Waals surface area (Å²) in [6.07, 6.45) is 1.04. The topological polar surface area (TPSA) is 43.4 Å². The largest absolute Gasteiger partial charge is 0.497 e. The molecule has 0 heterocycles. The molecule has 2 rings (SSSR count). The Morgan fingerprint density at radius 3 is 2.73 bits per heavy atom. The summed E-state index contributed by atoms with van der Waals surface area (Å²) in [5.41, 5.74) is 1.46. The van der Waals surface area contributed by atoms with Crippen molar-refractivity contribution in [3.8, 4) is 5.75 Å². The van der Waals surface area contributed by atoms with E-state index in [-0.39, 0.29) is 11.6 Å². The van der Waals surface area contributed by atoms with E-state index in [9.17, 15) is 9.59 Å². The average molecular weight is 204 g/mol. The van der Waals surface area contributed by atoms with Crippen molar-refractivity contribution in [1.29, 1.82) is 0 Å². The molecule has 0 saturated carbocycles. The number of rotatable bonds is 1. The van der Waals surface area contributed by atoms with Crippen molar-refractivity contribution in [3.05, 3.63) is 29.3 Å². The fraction of sp³-hybridized carbons (Fsp3) is 0.333. The van der Waals surface area contributed by atoms with Crippen molar-refractivity contribution in [2.45, 2.75) is 19.3 Å². The zero-order valence-corrected chi connectivity index (χ0v) is 8.58. The van der Waals surface area contributed by atoms with Crippen LogP contribution >= 0.6 is 0 Å². The molecule has 0 bridgehead atoms. The van der Waals surface area contributed by atoms with Crippen LogP contribution in [0, 0.1) is 0 Å². The van der Waals surface area contributed by atoms with Gasteiger partial charge in [0.2, 0.25) is 0 Å². The molecule has 0 amide bonds. The lowest BCUT2D eigenvalue weighted by molar-refractivity contribution is -0.118. The predicted molar refractivity (Wildman–Crippen MR) is 55.3 cm³/mol. The third-order valence-corrected chi connectivity index (χ3v) is 2.64. The van der Waals surface area contributed by atoms with Crippen LogP contribution in [-0.2, 0) is 11.2 Å². The average Bonchev–Trinajstić information content (AvgIpc) is 2.39. The molecule has 1 aromatic carbocycles. The quantitative estimate of drug-likeness (QED) is 0.655. The van der Waals surface area contributed by atoms with Gasteiger partial charge in [0.25, 0.3) is 0 Å². The Kier molecular flexibility index (Phi) is 2.54. The van der Waals surface area contributed by atoms with Gasteiger partial charge < -0.3 is 4.74 Å². The summed E-state index contributed by atoms with van der Waals surface area (Å²) >= 11 is 0. The van der Waals surface area contributed by atoms with Crippen LogP contribution in [0.2, 0.25) is 0 Å². The van der Waals surface area contributed by atoms with Crippen molar-refractivity contribution in [2.24, 2.45) is 0 Å². The highest BCUT2D eigenvalue weighted by atomic mass is 16.5. The fourth-order valence-electron chi connectivity index (χ4n) is 1.78. The van der Waals surface area contributed by atoms with Crippen LogP contribution in [0.25, 0.3) is 0 Å². The van der Waals surface area contributed by atoms with Gasteiger partial charge in [0.15, 0.2) is 5.78 Å². The highest BCUT2D eigenvalue weighted by Crippen LogP contribution is 2.23. The molecule has 0 fully saturated rings. The van der Waals surface area contributed by atoms with Gasteiger partial charge in [-0.2, -0.15) is 0 Å². The van der Waals surface area contributed by atoms with Crippen molar-refractivity contribution >= 4 is 11.6 Å². The summed E-state index contributed by atoms with van der Waals surface area (Å²) in [6, 6.07) is 5.30. The first-order valence-corrected chi connectivity index (χ1v) is 4.92. The third-order valence-electron chi connectivity index (χ3n) is 2.64. The lowest BCUT2D eigenvalue weighted by Gasteiger charge is -2.06. The van der Waals surface area contributed by atoms with Crippen LogP contribution in [0.5, 0.6) is 5.75 Å². The highest BCUT2D eigenvalue weighted by molar-refractivity contribution is 6.03. The molecule has 0 spiro atoms. The van der Waals surface area contributed by atoms with E-state index < -0.39 is 0 Å². The van der Waals surface area contributed by atoms with Gasteiger partial charge in [-0.1, -0.05) is 6.07 Å². The van der Waals surface area contributed by atoms with Gasteiger partial charge in [-0.15, -0.1) is 0 Å². The normalized spacial score (nSPS) is 15.8. The van der Waals surface area contributed by atoms with E-state index in [2.05, 4.69) is 0 Å². The molecule has 0 unspecified atom stereocenters. The molecule has 0 aliphatic heterocycles. The van der Waals surface area contributed by atoms with Crippen molar-refractivity contribution in [1.82, 2.24) is 0 Å². The lowest BCUT2D eigenvalue weighted by atomic mass is 10.0. The molecule has 0 atom stereocenters. The maximum absolute atomic E-state index is 11.7. The van der Waals surface area contributed by atoms with Gasteiger partial charge in [-0.3, -0.25) is 9.59 Å². The second kappa shape index (κ2) is 3.85. The maximum atomic E-state index is 11.7. The number of carbonyl (C=O) groups is 2. The second-order valence-electron chi connectivity index (χ2n) is 3.66. The molecule has 1 aromatic rings. The van der Waals surface area contributed by atoms with Gasteiger partial charge in [0, 0.05) is 24.8 Å². The zero-order valence-electron chi connectivity index (χ0n) is 8.58. The van der Waals surface area contributed by atoms with Crippen molar-refractivity contribution < 1.29 is 14.3 Å². The van der Waals surface area contributed by atoms with Gasteiger partial charge in [0.05, 0.1) is 7.11 Å². The standard InChI is InChI=1S/C12H12O3/c1-15-10-4-2-8-6-9(13)3-5-12(14)11(8)7-10/h2,4,7H,3,5-6H2,1H3. The SMILES string of the molecule is COc1ccc2c(c1)C(=O)CCC(=O)C2. The molecule has 1 aliphatic carbocycles. The number of methoxy groups -OCH3 is 1. The maximum Gasteiger partial charge on any atom is 0.163 e. The molecule has 3 nitrogen and oxygen atoms in total. The molecule has 78 valence electrons. The number of ether oxygens (including phenoxy) is 1. The molecule has 0 saturated heterocycles. The van der Waals surface area contributed by atoms with E-state index in [4.69, 9.17) is 4.74 Å². The predicted octanol–water partition coefficient (Wildman–Crippen LogP) is 1.78. The first kappa shape index (κ1) is 9.90. The Labute approximate surface area is 88.1 Å². The molecular weight excluding hydrogens is 192 g/mol. The van der Waals surface area contributed by atoms with Gasteiger partial charge in [-0.25, -0.2) is 0 Å². The van der Waals surface area contributed by atoms with Crippen LogP contribution in [0.4, 0.5) is 0 Å². The molecule has 15 heavy (non-hydrogen) atoms. The lowest BCUT2D eigenvalue weighted by Crippen LogP contribution is -2.01. The molecule has 0 aromatic heterocycles. The highest BCUT2D eigenvalue weighted by Gasteiger charge is 2.20. The third kappa shape index (κ3) is 1.91. The van der Waals surface area contributed by atoms with E-state index >= 15 is 0 Å². The molecule has 0 radical (unpaired) electrons. The summed E-state index contributed by atoms with van der Waals surface area (Å²) < 4.78 is 5.06. The van der Waals surface area contributed by atoms with E-state index in [1.807, 2.05) is 0 Å². The number of hydrogen-bond donors (Lipinski definition) is 0. The van der Waals surface area contributed by atoms with E-state index in [0.29, 0.717) is 30.6 Å². The number of fused-ring (bicyclic) bond motifs is 1. The van der Waals surface area contributed by atoms with Crippen LogP contribution in [-0.4, -0.2) is 18.7 Å². The minimum absolute atomic E-state index is 0.0368.